The maximum atomic E-state index is 3.53. The molecular weight excluding hydrogens is 256 g/mol. The monoisotopic (exact) mass is 293 g/mol. The van der Waals surface area contributed by atoms with Gasteiger partial charge in [0.05, 0.1) is 12.0 Å². The first-order valence-corrected chi connectivity index (χ1v) is 9.29. The van der Waals surface area contributed by atoms with Gasteiger partial charge in [-0.3, -0.25) is 0 Å². The summed E-state index contributed by atoms with van der Waals surface area (Å²) in [5.41, 5.74) is 0. The van der Waals surface area contributed by atoms with Gasteiger partial charge in [0.15, 0.2) is 0 Å². The molecule has 0 aromatic carbocycles. The molecule has 1 N–H and O–H groups in total. The molecule has 0 aliphatic heterocycles. The minimum atomic E-state index is 0.556. The van der Waals surface area contributed by atoms with E-state index in [0.29, 0.717) is 6.04 Å². The van der Waals surface area contributed by atoms with Crippen LogP contribution in [-0.4, -0.2) is 4.98 Å². The van der Waals surface area contributed by atoms with E-state index in [2.05, 4.69) is 49.6 Å². The molecule has 1 aromatic rings. The summed E-state index contributed by atoms with van der Waals surface area (Å²) in [5.74, 6) is 2.17. The molecule has 21 heavy (non-hydrogen) atoms. The number of H-pyrrole nitrogens is 1. The van der Waals surface area contributed by atoms with E-state index < -0.39 is 0 Å². The largest absolute Gasteiger partial charge is 0.257 e. The molecule has 0 saturated heterocycles. The molecule has 0 aliphatic rings. The van der Waals surface area contributed by atoms with Crippen molar-refractivity contribution in [1.29, 1.82) is 0 Å². The number of unbranched alkanes of at least 4 members (excludes halogenated alkanes) is 6. The van der Waals surface area contributed by atoms with Crippen molar-refractivity contribution in [2.45, 2.75) is 104 Å². The lowest BCUT2D eigenvalue weighted by Crippen LogP contribution is -2.39. The normalized spacial score (nSPS) is 13.0. The summed E-state index contributed by atoms with van der Waals surface area (Å²) in [6, 6.07) is 0.556. The van der Waals surface area contributed by atoms with Crippen molar-refractivity contribution < 1.29 is 4.57 Å². The van der Waals surface area contributed by atoms with Crippen molar-refractivity contribution in [2.24, 2.45) is 0 Å². The van der Waals surface area contributed by atoms with E-state index >= 15 is 0 Å². The fraction of sp³-hybridized carbons (Fsp3) is 0.842. The summed E-state index contributed by atoms with van der Waals surface area (Å²) in [4.78, 5) is 3.53. The Morgan fingerprint density at radius 2 is 1.48 bits per heavy atom. The van der Waals surface area contributed by atoms with Crippen LogP contribution in [0.2, 0.25) is 0 Å². The molecule has 1 atom stereocenters. The highest BCUT2D eigenvalue weighted by molar-refractivity contribution is 4.90. The molecule has 0 unspecified atom stereocenters. The van der Waals surface area contributed by atoms with Gasteiger partial charge in [-0.2, -0.15) is 0 Å². The minimum absolute atomic E-state index is 0.556. The SMILES string of the molecule is CCCCCCC[C@H](CCCCC)c1[nH]cc[n+]1C(C)C. The Bertz CT molecular complexity index is 354. The summed E-state index contributed by atoms with van der Waals surface area (Å²) < 4.78 is 2.43. The summed E-state index contributed by atoms with van der Waals surface area (Å²) >= 11 is 0. The fourth-order valence-electron chi connectivity index (χ4n) is 3.19. The summed E-state index contributed by atoms with van der Waals surface area (Å²) in [7, 11) is 0. The molecule has 2 nitrogen and oxygen atoms in total. The third kappa shape index (κ3) is 6.67. The van der Waals surface area contributed by atoms with Crippen LogP contribution >= 0.6 is 0 Å². The van der Waals surface area contributed by atoms with E-state index in [0.717, 1.165) is 5.92 Å². The molecule has 0 radical (unpaired) electrons. The summed E-state index contributed by atoms with van der Waals surface area (Å²) in [5, 5.41) is 0. The predicted octanol–water partition coefficient (Wildman–Crippen LogP) is 5.91. The summed E-state index contributed by atoms with van der Waals surface area (Å²) in [6.45, 7) is 9.14. The maximum absolute atomic E-state index is 3.53. The Kier molecular flexibility index (Phi) is 9.45. The van der Waals surface area contributed by atoms with Crippen molar-refractivity contribution in [2.75, 3.05) is 0 Å². The molecule has 0 spiro atoms. The number of aromatic amines is 1. The number of hydrogen-bond donors (Lipinski definition) is 1. The Labute approximate surface area is 132 Å². The van der Waals surface area contributed by atoms with Crippen molar-refractivity contribution in [3.8, 4) is 0 Å². The van der Waals surface area contributed by atoms with Crippen molar-refractivity contribution in [3.05, 3.63) is 18.2 Å². The van der Waals surface area contributed by atoms with Gasteiger partial charge in [-0.1, -0.05) is 65.2 Å². The predicted molar refractivity (Wildman–Crippen MR) is 91.6 cm³/mol. The molecule has 0 aliphatic carbocycles. The topological polar surface area (TPSA) is 19.7 Å². The fourth-order valence-corrected chi connectivity index (χ4v) is 3.19. The molecule has 0 amide bonds. The van der Waals surface area contributed by atoms with Crippen LogP contribution in [0.4, 0.5) is 0 Å². The van der Waals surface area contributed by atoms with Gasteiger partial charge in [0.1, 0.15) is 12.4 Å². The molecule has 0 fully saturated rings. The van der Waals surface area contributed by atoms with E-state index in [1.54, 1.807) is 0 Å². The smallest absolute Gasteiger partial charge is 0.247 e. The van der Waals surface area contributed by atoms with Gasteiger partial charge in [-0.05, 0) is 26.7 Å². The standard InChI is InChI=1S/C19H36N2/c1-5-7-9-10-12-14-18(13-11-8-6-2)19-20-15-16-21(19)17(3)4/h15-18H,5-14H2,1-4H3/p+1/t18-/m0/s1. The van der Waals surface area contributed by atoms with Gasteiger partial charge in [0, 0.05) is 0 Å². The molecule has 1 rings (SSSR count). The molecule has 1 aromatic heterocycles. The number of hydrogen-bond acceptors (Lipinski definition) is 0. The number of nitrogens with zero attached hydrogens (tertiary/aromatic N) is 1. The van der Waals surface area contributed by atoms with E-state index in [9.17, 15) is 0 Å². The van der Waals surface area contributed by atoms with Gasteiger partial charge in [-0.25, -0.2) is 9.55 Å². The van der Waals surface area contributed by atoms with Gasteiger partial charge >= 0.3 is 0 Å². The van der Waals surface area contributed by atoms with Crippen LogP contribution in [0.15, 0.2) is 12.4 Å². The molecular formula is C19H37N2+. The lowest BCUT2D eigenvalue weighted by molar-refractivity contribution is -0.723. The lowest BCUT2D eigenvalue weighted by atomic mass is 9.93. The van der Waals surface area contributed by atoms with Crippen LogP contribution in [0.3, 0.4) is 0 Å². The number of nitrogens with one attached hydrogen (secondary N) is 1. The molecule has 2 heteroatoms. The van der Waals surface area contributed by atoms with Crippen molar-refractivity contribution >= 4 is 0 Å². The van der Waals surface area contributed by atoms with Crippen LogP contribution in [0.5, 0.6) is 0 Å². The first kappa shape index (κ1) is 18.3. The minimum Gasteiger partial charge on any atom is -0.247 e. The van der Waals surface area contributed by atoms with E-state index in [1.807, 2.05) is 0 Å². The number of imidazole rings is 1. The average molecular weight is 294 g/mol. The van der Waals surface area contributed by atoms with Gasteiger partial charge in [0.25, 0.3) is 5.82 Å². The van der Waals surface area contributed by atoms with Crippen LogP contribution in [0.25, 0.3) is 0 Å². The number of aromatic nitrogens is 2. The van der Waals surface area contributed by atoms with Gasteiger partial charge < -0.3 is 0 Å². The van der Waals surface area contributed by atoms with E-state index in [1.165, 1.54) is 70.0 Å². The van der Waals surface area contributed by atoms with Gasteiger partial charge in [0.2, 0.25) is 0 Å². The highest BCUT2D eigenvalue weighted by Gasteiger charge is 2.23. The third-order valence-electron chi connectivity index (χ3n) is 4.50. The molecule has 122 valence electrons. The maximum Gasteiger partial charge on any atom is 0.257 e. The Balaban J connectivity index is 2.56. The lowest BCUT2D eigenvalue weighted by Gasteiger charge is -2.15. The second kappa shape index (κ2) is 10.9. The zero-order chi connectivity index (χ0) is 15.5. The molecule has 0 saturated carbocycles. The van der Waals surface area contributed by atoms with Crippen LogP contribution < -0.4 is 4.57 Å². The van der Waals surface area contributed by atoms with Crippen molar-refractivity contribution in [1.82, 2.24) is 4.98 Å². The number of rotatable bonds is 12. The zero-order valence-corrected chi connectivity index (χ0v) is 14.8. The Hall–Kier alpha value is -0.790. The highest BCUT2D eigenvalue weighted by Crippen LogP contribution is 2.26. The van der Waals surface area contributed by atoms with Crippen LogP contribution in [0.1, 0.15) is 110 Å². The Morgan fingerprint density at radius 1 is 0.905 bits per heavy atom. The first-order valence-electron chi connectivity index (χ1n) is 9.29. The van der Waals surface area contributed by atoms with Crippen LogP contribution in [-0.2, 0) is 0 Å². The summed E-state index contributed by atoms with van der Waals surface area (Å²) in [6.07, 6.45) is 18.0. The highest BCUT2D eigenvalue weighted by atomic mass is 15.1. The van der Waals surface area contributed by atoms with Crippen molar-refractivity contribution in [3.63, 3.8) is 0 Å². The molecule has 1 heterocycles. The third-order valence-corrected chi connectivity index (χ3v) is 4.50. The average Bonchev–Trinajstić information content (AvgIpc) is 2.95. The van der Waals surface area contributed by atoms with E-state index in [-0.39, 0.29) is 0 Å². The zero-order valence-electron chi connectivity index (χ0n) is 14.8. The van der Waals surface area contributed by atoms with Crippen LogP contribution in [0, 0.1) is 0 Å². The van der Waals surface area contributed by atoms with Gasteiger partial charge in [-0.15, -0.1) is 0 Å². The molecule has 0 bridgehead atoms. The van der Waals surface area contributed by atoms with E-state index in [4.69, 9.17) is 0 Å². The first-order chi connectivity index (χ1) is 10.2. The second-order valence-corrected chi connectivity index (χ2v) is 6.74. The Morgan fingerprint density at radius 3 is 2.10 bits per heavy atom. The quantitative estimate of drug-likeness (QED) is 0.365. The second-order valence-electron chi connectivity index (χ2n) is 6.74.